The Labute approximate surface area is 206 Å². The number of halogens is 1. The molecule has 0 atom stereocenters. The highest BCUT2D eigenvalue weighted by Crippen LogP contribution is 2.34. The third-order valence-electron chi connectivity index (χ3n) is 7.41. The Morgan fingerprint density at radius 1 is 1.06 bits per heavy atom. The zero-order chi connectivity index (χ0) is 24.8. The van der Waals surface area contributed by atoms with Crippen LogP contribution in [0.3, 0.4) is 0 Å². The quantitative estimate of drug-likeness (QED) is 0.520. The molecule has 1 saturated carbocycles. The third kappa shape index (κ3) is 5.99. The SMILES string of the molecule is Cc1c(NC2CCC(OCC(=O)N3CCN(c4ccccc4)CC3)CC2)cc(CF)c(N=O)c1C. The van der Waals surface area contributed by atoms with E-state index in [1.54, 1.807) is 13.0 Å². The molecule has 2 aromatic carbocycles. The van der Waals surface area contributed by atoms with Crippen LogP contribution in [0.4, 0.5) is 21.5 Å². The summed E-state index contributed by atoms with van der Waals surface area (Å²) in [6, 6.07) is 12.2. The number of benzene rings is 2. The number of rotatable bonds is 8. The lowest BCUT2D eigenvalue weighted by Crippen LogP contribution is -2.50. The van der Waals surface area contributed by atoms with Gasteiger partial charge in [0.2, 0.25) is 5.91 Å². The summed E-state index contributed by atoms with van der Waals surface area (Å²) in [5.41, 5.74) is 4.23. The summed E-state index contributed by atoms with van der Waals surface area (Å²) in [4.78, 5) is 28.0. The molecule has 35 heavy (non-hydrogen) atoms. The lowest BCUT2D eigenvalue weighted by atomic mass is 9.92. The molecule has 8 heteroatoms. The molecule has 0 bridgehead atoms. The monoisotopic (exact) mass is 482 g/mol. The minimum Gasteiger partial charge on any atom is -0.382 e. The summed E-state index contributed by atoms with van der Waals surface area (Å²) in [6.07, 6.45) is 3.63. The number of hydrogen-bond acceptors (Lipinski definition) is 6. The number of nitroso groups, excluding NO2 is 1. The highest BCUT2D eigenvalue weighted by Gasteiger charge is 2.26. The second kappa shape index (κ2) is 11.6. The number of piperazine rings is 1. The summed E-state index contributed by atoms with van der Waals surface area (Å²) in [7, 11) is 0. The Balaban J connectivity index is 1.21. The summed E-state index contributed by atoms with van der Waals surface area (Å²) in [6.45, 7) is 6.24. The first-order valence-electron chi connectivity index (χ1n) is 12.5. The van der Waals surface area contributed by atoms with Gasteiger partial charge < -0.3 is 19.9 Å². The summed E-state index contributed by atoms with van der Waals surface area (Å²) >= 11 is 0. The Kier molecular flexibility index (Phi) is 8.33. The number of para-hydroxylation sites is 1. The van der Waals surface area contributed by atoms with E-state index in [9.17, 15) is 14.1 Å². The second-order valence-electron chi connectivity index (χ2n) is 9.54. The fourth-order valence-electron chi connectivity index (χ4n) is 5.08. The lowest BCUT2D eigenvalue weighted by molar-refractivity contribution is -0.139. The van der Waals surface area contributed by atoms with Crippen LogP contribution in [-0.2, 0) is 16.2 Å². The van der Waals surface area contributed by atoms with Gasteiger partial charge in [-0.2, -0.15) is 0 Å². The molecule has 1 aliphatic carbocycles. The Morgan fingerprint density at radius 2 is 1.74 bits per heavy atom. The first kappa shape index (κ1) is 25.1. The highest BCUT2D eigenvalue weighted by molar-refractivity contribution is 5.77. The van der Waals surface area contributed by atoms with E-state index >= 15 is 0 Å². The predicted octanol–water partition coefficient (Wildman–Crippen LogP) is 5.26. The molecule has 1 saturated heterocycles. The average Bonchev–Trinajstić information content (AvgIpc) is 2.91. The zero-order valence-corrected chi connectivity index (χ0v) is 20.6. The molecule has 1 heterocycles. The van der Waals surface area contributed by atoms with Crippen molar-refractivity contribution < 1.29 is 13.9 Å². The minimum atomic E-state index is -0.715. The van der Waals surface area contributed by atoms with Crippen LogP contribution in [0.2, 0.25) is 0 Å². The summed E-state index contributed by atoms with van der Waals surface area (Å²) in [5.74, 6) is 0.0617. The largest absolute Gasteiger partial charge is 0.382 e. The van der Waals surface area contributed by atoms with E-state index in [1.807, 2.05) is 30.0 Å². The molecule has 0 unspecified atom stereocenters. The molecule has 4 rings (SSSR count). The maximum absolute atomic E-state index is 13.4. The van der Waals surface area contributed by atoms with E-state index in [4.69, 9.17) is 4.74 Å². The number of nitrogens with zero attached hydrogens (tertiary/aromatic N) is 3. The van der Waals surface area contributed by atoms with Gasteiger partial charge in [0.05, 0.1) is 6.10 Å². The van der Waals surface area contributed by atoms with Crippen molar-refractivity contribution in [3.63, 3.8) is 0 Å². The maximum atomic E-state index is 13.4. The van der Waals surface area contributed by atoms with Crippen LogP contribution in [0.25, 0.3) is 0 Å². The molecular formula is C27H35FN4O3. The summed E-state index contributed by atoms with van der Waals surface area (Å²) in [5, 5.41) is 6.54. The van der Waals surface area contributed by atoms with Crippen LogP contribution < -0.4 is 10.2 Å². The normalized spacial score (nSPS) is 20.5. The smallest absolute Gasteiger partial charge is 0.248 e. The van der Waals surface area contributed by atoms with Crippen molar-refractivity contribution in [2.24, 2.45) is 5.18 Å². The zero-order valence-electron chi connectivity index (χ0n) is 20.6. The number of amides is 1. The van der Waals surface area contributed by atoms with Gasteiger partial charge in [0.15, 0.2) is 0 Å². The van der Waals surface area contributed by atoms with Crippen molar-refractivity contribution in [3.05, 3.63) is 58.0 Å². The Bertz CT molecular complexity index is 1020. The number of carbonyl (C=O) groups is 1. The van der Waals surface area contributed by atoms with Crippen LogP contribution in [0.1, 0.15) is 42.4 Å². The Morgan fingerprint density at radius 3 is 2.37 bits per heavy atom. The maximum Gasteiger partial charge on any atom is 0.248 e. The molecule has 0 spiro atoms. The first-order valence-corrected chi connectivity index (χ1v) is 12.5. The van der Waals surface area contributed by atoms with E-state index in [0.717, 1.165) is 55.6 Å². The molecular weight excluding hydrogens is 447 g/mol. The second-order valence-corrected chi connectivity index (χ2v) is 9.54. The van der Waals surface area contributed by atoms with Gasteiger partial charge in [0, 0.05) is 49.2 Å². The number of ether oxygens (including phenoxy) is 1. The number of nitrogens with one attached hydrogen (secondary N) is 1. The molecule has 1 N–H and O–H groups in total. The summed E-state index contributed by atoms with van der Waals surface area (Å²) < 4.78 is 19.4. The minimum absolute atomic E-state index is 0.0617. The predicted molar refractivity (Wildman–Crippen MR) is 137 cm³/mol. The van der Waals surface area contributed by atoms with Crippen molar-refractivity contribution in [2.75, 3.05) is 43.0 Å². The fraction of sp³-hybridized carbons (Fsp3) is 0.519. The van der Waals surface area contributed by atoms with Gasteiger partial charge in [-0.05, 0) is 74.0 Å². The topological polar surface area (TPSA) is 74.2 Å². The molecule has 0 radical (unpaired) electrons. The van der Waals surface area contributed by atoms with E-state index in [-0.39, 0.29) is 30.3 Å². The van der Waals surface area contributed by atoms with Gasteiger partial charge in [-0.15, -0.1) is 4.91 Å². The lowest BCUT2D eigenvalue weighted by Gasteiger charge is -2.36. The van der Waals surface area contributed by atoms with Gasteiger partial charge in [-0.1, -0.05) is 18.2 Å². The van der Waals surface area contributed by atoms with Crippen molar-refractivity contribution in [1.82, 2.24) is 4.90 Å². The van der Waals surface area contributed by atoms with E-state index < -0.39 is 6.67 Å². The van der Waals surface area contributed by atoms with E-state index in [1.165, 1.54) is 5.69 Å². The molecule has 2 aliphatic rings. The van der Waals surface area contributed by atoms with Gasteiger partial charge in [-0.25, -0.2) is 4.39 Å². The van der Waals surface area contributed by atoms with Gasteiger partial charge in [0.25, 0.3) is 0 Å². The molecule has 188 valence electrons. The molecule has 2 aromatic rings. The molecule has 1 amide bonds. The van der Waals surface area contributed by atoms with E-state index in [0.29, 0.717) is 18.7 Å². The van der Waals surface area contributed by atoms with Crippen molar-refractivity contribution in [1.29, 1.82) is 0 Å². The number of carbonyl (C=O) groups excluding carboxylic acids is 1. The number of hydrogen-bond donors (Lipinski definition) is 1. The van der Waals surface area contributed by atoms with Crippen LogP contribution in [0.5, 0.6) is 0 Å². The number of alkyl halides is 1. The standard InChI is InChI=1S/C27H35FN4O3/c1-19-20(2)27(30-34)21(17-28)16-25(19)29-22-8-10-24(11-9-22)35-18-26(33)32-14-12-31(13-15-32)23-6-4-3-5-7-23/h3-7,16,22,24,29H,8-15,17-18H2,1-2H3. The third-order valence-corrected chi connectivity index (χ3v) is 7.41. The van der Waals surface area contributed by atoms with Crippen LogP contribution in [0.15, 0.2) is 41.6 Å². The molecule has 1 aliphatic heterocycles. The molecule has 0 aromatic heterocycles. The number of anilines is 2. The van der Waals surface area contributed by atoms with Gasteiger partial charge >= 0.3 is 0 Å². The van der Waals surface area contributed by atoms with Crippen molar-refractivity contribution in [2.45, 2.75) is 58.4 Å². The van der Waals surface area contributed by atoms with Crippen LogP contribution in [0, 0.1) is 18.8 Å². The van der Waals surface area contributed by atoms with Gasteiger partial charge in [-0.3, -0.25) is 4.79 Å². The van der Waals surface area contributed by atoms with Gasteiger partial charge in [0.1, 0.15) is 19.0 Å². The van der Waals surface area contributed by atoms with Crippen LogP contribution >= 0.6 is 0 Å². The molecule has 2 fully saturated rings. The first-order chi connectivity index (χ1) is 17.0. The Hall–Kier alpha value is -3.00. The fourth-order valence-corrected chi connectivity index (χ4v) is 5.08. The van der Waals surface area contributed by atoms with Crippen LogP contribution in [-0.4, -0.2) is 55.7 Å². The highest BCUT2D eigenvalue weighted by atomic mass is 19.1. The molecule has 7 nitrogen and oxygen atoms in total. The average molecular weight is 483 g/mol. The van der Waals surface area contributed by atoms with Crippen molar-refractivity contribution >= 4 is 23.0 Å². The van der Waals surface area contributed by atoms with Crippen molar-refractivity contribution in [3.8, 4) is 0 Å². The van der Waals surface area contributed by atoms with E-state index in [2.05, 4.69) is 27.5 Å².